The van der Waals surface area contributed by atoms with Crippen molar-refractivity contribution < 1.29 is 9.13 Å². The zero-order chi connectivity index (χ0) is 7.40. The quantitative estimate of drug-likeness (QED) is 0.576. The van der Waals surface area contributed by atoms with E-state index >= 15 is 0 Å². The number of ether oxygens (including phenoxy) is 1. The second-order valence-corrected chi connectivity index (χ2v) is 2.37. The van der Waals surface area contributed by atoms with Crippen molar-refractivity contribution in [1.82, 2.24) is 10.4 Å². The number of hydrogen-bond donors (Lipinski definition) is 1. The molecule has 1 N–H and O–H groups in total. The summed E-state index contributed by atoms with van der Waals surface area (Å²) >= 11 is 0. The Labute approximate surface area is 60.1 Å². The molecule has 1 aliphatic heterocycles. The van der Waals surface area contributed by atoms with E-state index in [-0.39, 0.29) is 0 Å². The molecule has 1 aliphatic rings. The van der Waals surface area contributed by atoms with Crippen molar-refractivity contribution in [3.05, 3.63) is 0 Å². The molecule has 3 nitrogen and oxygen atoms in total. The van der Waals surface area contributed by atoms with E-state index in [0.29, 0.717) is 13.0 Å². The lowest BCUT2D eigenvalue weighted by molar-refractivity contribution is 0.119. The van der Waals surface area contributed by atoms with Gasteiger partial charge in [0, 0.05) is 26.6 Å². The highest BCUT2D eigenvalue weighted by molar-refractivity contribution is 4.65. The Morgan fingerprint density at radius 1 is 1.80 bits per heavy atom. The Bertz CT molecular complexity index is 102. The third-order valence-corrected chi connectivity index (χ3v) is 1.54. The molecule has 0 aromatic carbocycles. The molecule has 4 heteroatoms. The van der Waals surface area contributed by atoms with Gasteiger partial charge in [0.2, 0.25) is 0 Å². The van der Waals surface area contributed by atoms with Gasteiger partial charge in [0.1, 0.15) is 0 Å². The van der Waals surface area contributed by atoms with Gasteiger partial charge >= 0.3 is 0 Å². The Morgan fingerprint density at radius 3 is 3.10 bits per heavy atom. The minimum atomic E-state index is -0.850. The standard InChI is InChI=1S/C6H13FN2O/c1-10-5-4-9-3-2-6(7)8-9/h6,8H,2-5H2,1H3. The van der Waals surface area contributed by atoms with Gasteiger partial charge in [0.05, 0.1) is 6.61 Å². The highest BCUT2D eigenvalue weighted by atomic mass is 19.1. The summed E-state index contributed by atoms with van der Waals surface area (Å²) in [6.07, 6.45) is -0.263. The number of hydrogen-bond acceptors (Lipinski definition) is 3. The summed E-state index contributed by atoms with van der Waals surface area (Å²) in [6.45, 7) is 2.20. The molecule has 0 bridgehead atoms. The SMILES string of the molecule is COCCN1CCC(F)N1. The van der Waals surface area contributed by atoms with Crippen LogP contribution in [0.1, 0.15) is 6.42 Å². The number of halogens is 1. The first-order valence-electron chi connectivity index (χ1n) is 3.47. The molecule has 1 rings (SSSR count). The summed E-state index contributed by atoms with van der Waals surface area (Å²) in [5.41, 5.74) is 2.68. The van der Waals surface area contributed by atoms with Crippen LogP contribution in [0.25, 0.3) is 0 Å². The second-order valence-electron chi connectivity index (χ2n) is 2.37. The van der Waals surface area contributed by atoms with E-state index in [2.05, 4.69) is 5.43 Å². The summed E-state index contributed by atoms with van der Waals surface area (Å²) in [7, 11) is 1.64. The molecule has 0 amide bonds. The Morgan fingerprint density at radius 2 is 2.60 bits per heavy atom. The lowest BCUT2D eigenvalue weighted by Gasteiger charge is -2.13. The van der Waals surface area contributed by atoms with E-state index in [0.717, 1.165) is 13.1 Å². The van der Waals surface area contributed by atoms with Crippen LogP contribution in [0.3, 0.4) is 0 Å². The topological polar surface area (TPSA) is 24.5 Å². The smallest absolute Gasteiger partial charge is 0.164 e. The maximum Gasteiger partial charge on any atom is 0.164 e. The Hall–Kier alpha value is -0.190. The molecular formula is C6H13FN2O. The highest BCUT2D eigenvalue weighted by Gasteiger charge is 2.19. The zero-order valence-electron chi connectivity index (χ0n) is 6.14. The molecule has 1 heterocycles. The van der Waals surface area contributed by atoms with Gasteiger partial charge in [0.25, 0.3) is 0 Å². The molecule has 60 valence electrons. The predicted octanol–water partition coefficient (Wildman–Crippen LogP) is 0.139. The van der Waals surface area contributed by atoms with Gasteiger partial charge < -0.3 is 4.74 Å². The molecule has 1 saturated heterocycles. The number of alkyl halides is 1. The zero-order valence-corrected chi connectivity index (χ0v) is 6.14. The van der Waals surface area contributed by atoms with Crippen LogP contribution in [0.4, 0.5) is 4.39 Å². The maximum atomic E-state index is 12.4. The van der Waals surface area contributed by atoms with Gasteiger partial charge in [-0.05, 0) is 0 Å². The molecule has 0 aromatic heterocycles. The molecular weight excluding hydrogens is 135 g/mol. The number of nitrogens with one attached hydrogen (secondary N) is 1. The Kier molecular flexibility index (Phi) is 3.05. The van der Waals surface area contributed by atoms with Gasteiger partial charge in [-0.15, -0.1) is 0 Å². The van der Waals surface area contributed by atoms with Gasteiger partial charge in [-0.2, -0.15) is 0 Å². The molecule has 1 atom stereocenters. The average molecular weight is 148 g/mol. The molecule has 0 spiro atoms. The summed E-state index contributed by atoms with van der Waals surface area (Å²) in [5, 5.41) is 1.84. The number of hydrazine groups is 1. The highest BCUT2D eigenvalue weighted by Crippen LogP contribution is 2.04. The molecule has 0 aliphatic carbocycles. The fourth-order valence-corrected chi connectivity index (χ4v) is 0.974. The van der Waals surface area contributed by atoms with Gasteiger partial charge in [-0.25, -0.2) is 14.8 Å². The third kappa shape index (κ3) is 2.21. The van der Waals surface area contributed by atoms with Crippen molar-refractivity contribution in [2.75, 3.05) is 26.8 Å². The van der Waals surface area contributed by atoms with Crippen molar-refractivity contribution in [2.45, 2.75) is 12.7 Å². The van der Waals surface area contributed by atoms with Crippen LogP contribution in [0.15, 0.2) is 0 Å². The molecule has 0 aromatic rings. The number of nitrogens with zero attached hydrogens (tertiary/aromatic N) is 1. The minimum absolute atomic E-state index is 0.587. The normalized spacial score (nSPS) is 27.6. The van der Waals surface area contributed by atoms with E-state index in [1.807, 2.05) is 5.01 Å². The largest absolute Gasteiger partial charge is 0.383 e. The van der Waals surface area contributed by atoms with E-state index < -0.39 is 6.30 Å². The van der Waals surface area contributed by atoms with Crippen LogP contribution in [-0.4, -0.2) is 38.1 Å². The number of methoxy groups -OCH3 is 1. The first-order chi connectivity index (χ1) is 4.83. The summed E-state index contributed by atoms with van der Waals surface area (Å²) in [5.74, 6) is 0. The van der Waals surface area contributed by atoms with Gasteiger partial charge in [-0.3, -0.25) is 0 Å². The van der Waals surface area contributed by atoms with Crippen LogP contribution < -0.4 is 5.43 Å². The summed E-state index contributed by atoms with van der Waals surface area (Å²) < 4.78 is 17.2. The molecule has 1 unspecified atom stereocenters. The van der Waals surface area contributed by atoms with Gasteiger partial charge in [-0.1, -0.05) is 0 Å². The predicted molar refractivity (Wildman–Crippen MR) is 36.1 cm³/mol. The fraction of sp³-hybridized carbons (Fsp3) is 1.00. The molecule has 10 heavy (non-hydrogen) atoms. The van der Waals surface area contributed by atoms with E-state index in [4.69, 9.17) is 4.74 Å². The van der Waals surface area contributed by atoms with Crippen LogP contribution in [0.2, 0.25) is 0 Å². The minimum Gasteiger partial charge on any atom is -0.383 e. The van der Waals surface area contributed by atoms with Crippen molar-refractivity contribution in [3.63, 3.8) is 0 Å². The van der Waals surface area contributed by atoms with Crippen LogP contribution in [-0.2, 0) is 4.74 Å². The Balaban J connectivity index is 2.06. The summed E-state index contributed by atoms with van der Waals surface area (Å²) in [6, 6.07) is 0. The van der Waals surface area contributed by atoms with Crippen LogP contribution in [0.5, 0.6) is 0 Å². The lowest BCUT2D eigenvalue weighted by Crippen LogP contribution is -2.36. The van der Waals surface area contributed by atoms with Crippen molar-refractivity contribution in [3.8, 4) is 0 Å². The first-order valence-corrected chi connectivity index (χ1v) is 3.47. The van der Waals surface area contributed by atoms with Gasteiger partial charge in [0.15, 0.2) is 6.30 Å². The van der Waals surface area contributed by atoms with E-state index in [9.17, 15) is 4.39 Å². The lowest BCUT2D eigenvalue weighted by atomic mass is 10.4. The maximum absolute atomic E-state index is 12.4. The fourth-order valence-electron chi connectivity index (χ4n) is 0.974. The van der Waals surface area contributed by atoms with Crippen molar-refractivity contribution in [2.24, 2.45) is 0 Å². The average Bonchev–Trinajstić information content (AvgIpc) is 2.31. The van der Waals surface area contributed by atoms with Crippen molar-refractivity contribution >= 4 is 0 Å². The molecule has 1 fully saturated rings. The number of rotatable bonds is 3. The second kappa shape index (κ2) is 3.85. The molecule has 0 radical (unpaired) electrons. The first kappa shape index (κ1) is 7.91. The van der Waals surface area contributed by atoms with E-state index in [1.165, 1.54) is 0 Å². The van der Waals surface area contributed by atoms with E-state index in [1.54, 1.807) is 7.11 Å². The monoisotopic (exact) mass is 148 g/mol. The third-order valence-electron chi connectivity index (χ3n) is 1.54. The summed E-state index contributed by atoms with van der Waals surface area (Å²) in [4.78, 5) is 0. The van der Waals surface area contributed by atoms with Crippen molar-refractivity contribution in [1.29, 1.82) is 0 Å². The molecule has 0 saturated carbocycles. The van der Waals surface area contributed by atoms with Crippen LogP contribution in [0, 0.1) is 0 Å². The van der Waals surface area contributed by atoms with Crippen LogP contribution >= 0.6 is 0 Å².